The lowest BCUT2D eigenvalue weighted by atomic mass is 10.1. The van der Waals surface area contributed by atoms with Crippen LogP contribution in [0.1, 0.15) is 36.4 Å². The predicted molar refractivity (Wildman–Crippen MR) is 107 cm³/mol. The van der Waals surface area contributed by atoms with Gasteiger partial charge in [-0.2, -0.15) is 0 Å². The molecule has 0 radical (unpaired) electrons. The molecule has 2 aromatic carbocycles. The van der Waals surface area contributed by atoms with E-state index >= 15 is 0 Å². The second-order valence-corrected chi connectivity index (χ2v) is 8.99. The number of likely N-dealkylation sites (tertiary alicyclic amines) is 1. The van der Waals surface area contributed by atoms with Gasteiger partial charge in [0.15, 0.2) is 0 Å². The van der Waals surface area contributed by atoms with Crippen molar-refractivity contribution in [3.63, 3.8) is 0 Å². The van der Waals surface area contributed by atoms with Crippen LogP contribution in [0.5, 0.6) is 0 Å². The summed E-state index contributed by atoms with van der Waals surface area (Å²) in [6.45, 7) is 2.20. The zero-order valence-corrected chi connectivity index (χ0v) is 16.3. The van der Waals surface area contributed by atoms with Gasteiger partial charge in [0.1, 0.15) is 5.82 Å². The number of sulfonamides is 1. The van der Waals surface area contributed by atoms with Crippen molar-refractivity contribution in [2.75, 3.05) is 25.4 Å². The van der Waals surface area contributed by atoms with Gasteiger partial charge in [0.2, 0.25) is 10.0 Å². The van der Waals surface area contributed by atoms with E-state index in [0.717, 1.165) is 43.5 Å². The molecule has 1 saturated heterocycles. The summed E-state index contributed by atoms with van der Waals surface area (Å²) in [5, 5.41) is 0. The van der Waals surface area contributed by atoms with Gasteiger partial charge in [-0.3, -0.25) is 4.90 Å². The van der Waals surface area contributed by atoms with E-state index < -0.39 is 10.0 Å². The lowest BCUT2D eigenvalue weighted by Crippen LogP contribution is -2.37. The van der Waals surface area contributed by atoms with E-state index in [-0.39, 0.29) is 17.6 Å². The number of nitrogens with zero attached hydrogens (tertiary/aromatic N) is 1. The smallest absolute Gasteiger partial charge is 0.211 e. The highest BCUT2D eigenvalue weighted by Gasteiger charge is 2.25. The Morgan fingerprint density at radius 3 is 2.33 bits per heavy atom. The predicted octanol–water partition coefficient (Wildman–Crippen LogP) is 3.51. The fraction of sp³-hybridized carbons (Fsp3) is 0.429. The van der Waals surface area contributed by atoms with Crippen molar-refractivity contribution in [2.24, 2.45) is 0 Å². The summed E-state index contributed by atoms with van der Waals surface area (Å²) in [5.41, 5.74) is 2.10. The molecule has 0 spiro atoms. The van der Waals surface area contributed by atoms with Crippen LogP contribution in [0.25, 0.3) is 0 Å². The van der Waals surface area contributed by atoms with Crippen LogP contribution in [0.15, 0.2) is 54.6 Å². The minimum Gasteiger partial charge on any atom is -0.295 e. The van der Waals surface area contributed by atoms with Gasteiger partial charge in [-0.15, -0.1) is 0 Å². The zero-order valence-electron chi connectivity index (χ0n) is 15.5. The molecule has 27 heavy (non-hydrogen) atoms. The zero-order chi connectivity index (χ0) is 19.1. The molecule has 0 aliphatic carbocycles. The van der Waals surface area contributed by atoms with Crippen molar-refractivity contribution in [3.05, 3.63) is 71.5 Å². The summed E-state index contributed by atoms with van der Waals surface area (Å²) in [6, 6.07) is 16.2. The van der Waals surface area contributed by atoms with Crippen LogP contribution in [0.3, 0.4) is 0 Å². The summed E-state index contributed by atoms with van der Waals surface area (Å²) < 4.78 is 40.9. The minimum absolute atomic E-state index is 0.0583. The van der Waals surface area contributed by atoms with Crippen LogP contribution in [-0.2, 0) is 16.4 Å². The number of aryl methyl sites for hydroxylation is 1. The molecule has 0 aromatic heterocycles. The number of hydrogen-bond donors (Lipinski definition) is 1. The first-order chi connectivity index (χ1) is 13.0. The SMILES string of the molecule is O=S(=O)(CCCc1ccccc1)NCC(c1ccc(F)cc1)N1CCCC1. The fourth-order valence-electron chi connectivity index (χ4n) is 3.59. The Bertz CT molecular complexity index is 804. The molecule has 1 unspecified atom stereocenters. The summed E-state index contributed by atoms with van der Waals surface area (Å²) in [4.78, 5) is 2.28. The molecule has 1 aliphatic rings. The third kappa shape index (κ3) is 6.13. The summed E-state index contributed by atoms with van der Waals surface area (Å²) in [6.07, 6.45) is 3.56. The van der Waals surface area contributed by atoms with Crippen molar-refractivity contribution in [1.82, 2.24) is 9.62 Å². The molecule has 0 amide bonds. The Morgan fingerprint density at radius 2 is 1.67 bits per heavy atom. The van der Waals surface area contributed by atoms with Crippen molar-refractivity contribution >= 4 is 10.0 Å². The average Bonchev–Trinajstić information content (AvgIpc) is 3.18. The van der Waals surface area contributed by atoms with Gasteiger partial charge < -0.3 is 0 Å². The van der Waals surface area contributed by atoms with Gasteiger partial charge in [-0.05, 0) is 62.0 Å². The van der Waals surface area contributed by atoms with Gasteiger partial charge in [-0.1, -0.05) is 42.5 Å². The molecule has 1 aliphatic heterocycles. The largest absolute Gasteiger partial charge is 0.295 e. The van der Waals surface area contributed by atoms with Crippen molar-refractivity contribution in [1.29, 1.82) is 0 Å². The maximum atomic E-state index is 13.3. The maximum absolute atomic E-state index is 13.3. The van der Waals surface area contributed by atoms with Crippen LogP contribution in [-0.4, -0.2) is 38.7 Å². The number of benzene rings is 2. The van der Waals surface area contributed by atoms with Gasteiger partial charge in [0, 0.05) is 12.6 Å². The minimum atomic E-state index is -3.34. The fourth-order valence-corrected chi connectivity index (χ4v) is 4.67. The lowest BCUT2D eigenvalue weighted by molar-refractivity contribution is 0.246. The molecule has 1 heterocycles. The first-order valence-electron chi connectivity index (χ1n) is 9.54. The molecule has 1 atom stereocenters. The quantitative estimate of drug-likeness (QED) is 0.713. The van der Waals surface area contributed by atoms with Gasteiger partial charge >= 0.3 is 0 Å². The van der Waals surface area contributed by atoms with E-state index in [1.165, 1.54) is 12.1 Å². The molecule has 3 rings (SSSR count). The highest BCUT2D eigenvalue weighted by atomic mass is 32.2. The Morgan fingerprint density at radius 1 is 1.00 bits per heavy atom. The van der Waals surface area contributed by atoms with Crippen molar-refractivity contribution in [2.45, 2.75) is 31.7 Å². The average molecular weight is 391 g/mol. The van der Waals surface area contributed by atoms with Crippen LogP contribution in [0.4, 0.5) is 4.39 Å². The van der Waals surface area contributed by atoms with Gasteiger partial charge in [0.25, 0.3) is 0 Å². The second-order valence-electron chi connectivity index (χ2n) is 7.07. The van der Waals surface area contributed by atoms with Crippen LogP contribution in [0.2, 0.25) is 0 Å². The molecule has 4 nitrogen and oxygen atoms in total. The van der Waals surface area contributed by atoms with E-state index in [4.69, 9.17) is 0 Å². The monoisotopic (exact) mass is 390 g/mol. The van der Waals surface area contributed by atoms with E-state index in [0.29, 0.717) is 13.0 Å². The van der Waals surface area contributed by atoms with Crippen molar-refractivity contribution < 1.29 is 12.8 Å². The number of rotatable bonds is 9. The summed E-state index contributed by atoms with van der Waals surface area (Å²) >= 11 is 0. The highest BCUT2D eigenvalue weighted by molar-refractivity contribution is 7.89. The Labute approximate surface area is 161 Å². The molecule has 1 fully saturated rings. The van der Waals surface area contributed by atoms with Crippen LogP contribution < -0.4 is 4.72 Å². The van der Waals surface area contributed by atoms with E-state index in [1.807, 2.05) is 30.3 Å². The van der Waals surface area contributed by atoms with E-state index in [2.05, 4.69) is 9.62 Å². The topological polar surface area (TPSA) is 49.4 Å². The number of halogens is 1. The highest BCUT2D eigenvalue weighted by Crippen LogP contribution is 2.25. The normalized spacial score (nSPS) is 16.5. The maximum Gasteiger partial charge on any atom is 0.211 e. The molecule has 0 bridgehead atoms. The third-order valence-electron chi connectivity index (χ3n) is 5.05. The molecule has 0 saturated carbocycles. The molecular weight excluding hydrogens is 363 g/mol. The number of hydrogen-bond acceptors (Lipinski definition) is 3. The van der Waals surface area contributed by atoms with Gasteiger partial charge in [0.05, 0.1) is 5.75 Å². The third-order valence-corrected chi connectivity index (χ3v) is 6.49. The Hall–Kier alpha value is -1.76. The Balaban J connectivity index is 1.57. The molecule has 2 aromatic rings. The summed E-state index contributed by atoms with van der Waals surface area (Å²) in [7, 11) is -3.34. The Kier molecular flexibility index (Phi) is 6.99. The van der Waals surface area contributed by atoms with Crippen LogP contribution >= 0.6 is 0 Å². The van der Waals surface area contributed by atoms with Crippen molar-refractivity contribution in [3.8, 4) is 0 Å². The first-order valence-corrected chi connectivity index (χ1v) is 11.2. The summed E-state index contributed by atoms with van der Waals surface area (Å²) in [5.74, 6) is -0.168. The molecular formula is C21H27FN2O2S. The van der Waals surface area contributed by atoms with E-state index in [1.54, 1.807) is 12.1 Å². The standard InChI is InChI=1S/C21H27FN2O2S/c22-20-12-10-19(11-13-20)21(24-14-4-5-15-24)17-23-27(25,26)16-6-9-18-7-2-1-3-8-18/h1-3,7-8,10-13,21,23H,4-6,9,14-17H2. The van der Waals surface area contributed by atoms with Gasteiger partial charge in [-0.25, -0.2) is 17.5 Å². The lowest BCUT2D eigenvalue weighted by Gasteiger charge is -2.28. The molecule has 1 N–H and O–H groups in total. The van der Waals surface area contributed by atoms with E-state index in [9.17, 15) is 12.8 Å². The van der Waals surface area contributed by atoms with Crippen LogP contribution in [0, 0.1) is 5.82 Å². The first kappa shape index (κ1) is 20.0. The number of nitrogens with one attached hydrogen (secondary N) is 1. The molecule has 146 valence electrons. The second kappa shape index (κ2) is 9.44. The molecule has 6 heteroatoms.